The minimum atomic E-state index is -0.828. The summed E-state index contributed by atoms with van der Waals surface area (Å²) in [4.78, 5) is 23.0. The van der Waals surface area contributed by atoms with Crippen LogP contribution in [-0.4, -0.2) is 23.0 Å². The number of carbonyl (C=O) groups excluding carboxylic acids is 1. The maximum atomic E-state index is 12.4. The quantitative estimate of drug-likeness (QED) is 0.837. The summed E-state index contributed by atoms with van der Waals surface area (Å²) in [5.41, 5.74) is 1.84. The van der Waals surface area contributed by atoms with Crippen molar-refractivity contribution in [1.82, 2.24) is 5.32 Å². The topological polar surface area (TPSA) is 66.4 Å². The first-order chi connectivity index (χ1) is 9.44. The number of hydrogen-bond acceptors (Lipinski definition) is 2. The molecule has 1 aliphatic carbocycles. The van der Waals surface area contributed by atoms with Gasteiger partial charge in [-0.05, 0) is 38.7 Å². The maximum absolute atomic E-state index is 12.4. The number of nitrogens with one attached hydrogen (secondary N) is 1. The van der Waals surface area contributed by atoms with Crippen molar-refractivity contribution in [3.63, 3.8) is 0 Å². The van der Waals surface area contributed by atoms with Gasteiger partial charge in [0.2, 0.25) is 5.91 Å². The molecule has 108 valence electrons. The number of carboxylic acids is 1. The predicted molar refractivity (Wildman–Crippen MR) is 76.6 cm³/mol. The summed E-state index contributed by atoms with van der Waals surface area (Å²) in [7, 11) is 0. The molecular weight excluding hydrogens is 254 g/mol. The van der Waals surface area contributed by atoms with Crippen LogP contribution in [0.4, 0.5) is 0 Å². The summed E-state index contributed by atoms with van der Waals surface area (Å²) in [6, 6.07) is 7.95. The highest BCUT2D eigenvalue weighted by molar-refractivity contribution is 5.91. The average molecular weight is 275 g/mol. The number of benzene rings is 1. The monoisotopic (exact) mass is 275 g/mol. The molecule has 0 radical (unpaired) electrons. The molecule has 1 saturated carbocycles. The molecule has 1 aliphatic rings. The first kappa shape index (κ1) is 14.6. The average Bonchev–Trinajstić information content (AvgIpc) is 3.18. The second kappa shape index (κ2) is 5.65. The number of aliphatic carboxylic acids is 1. The van der Waals surface area contributed by atoms with E-state index < -0.39 is 5.97 Å². The van der Waals surface area contributed by atoms with Gasteiger partial charge in [0.15, 0.2) is 0 Å². The van der Waals surface area contributed by atoms with Crippen molar-refractivity contribution in [2.45, 2.75) is 51.0 Å². The summed E-state index contributed by atoms with van der Waals surface area (Å²) >= 11 is 0. The number of hydrogen-bond donors (Lipinski definition) is 2. The molecule has 0 aliphatic heterocycles. The fraction of sp³-hybridized carbons (Fsp3) is 0.500. The van der Waals surface area contributed by atoms with Crippen molar-refractivity contribution in [2.75, 3.05) is 0 Å². The molecule has 0 heterocycles. The molecule has 1 amide bonds. The van der Waals surface area contributed by atoms with Crippen LogP contribution in [0.25, 0.3) is 0 Å². The van der Waals surface area contributed by atoms with Gasteiger partial charge in [-0.3, -0.25) is 9.59 Å². The van der Waals surface area contributed by atoms with E-state index in [-0.39, 0.29) is 23.8 Å². The van der Waals surface area contributed by atoms with Gasteiger partial charge in [-0.15, -0.1) is 0 Å². The van der Waals surface area contributed by atoms with Crippen LogP contribution in [0.5, 0.6) is 0 Å². The van der Waals surface area contributed by atoms with Crippen LogP contribution < -0.4 is 5.32 Å². The molecule has 0 bridgehead atoms. The van der Waals surface area contributed by atoms with Gasteiger partial charge in [0, 0.05) is 12.5 Å². The minimum Gasteiger partial charge on any atom is -0.481 e. The zero-order valence-corrected chi connectivity index (χ0v) is 12.0. The summed E-state index contributed by atoms with van der Waals surface area (Å²) in [6.07, 6.45) is 2.28. The summed E-state index contributed by atoms with van der Waals surface area (Å²) in [5.74, 6) is -0.799. The molecular formula is C16H21NO3. The SMILES string of the molecule is Cc1cccc(C2(C(=O)NC(C)CCC(=O)O)CC2)c1. The second-order valence-electron chi connectivity index (χ2n) is 5.76. The Bertz CT molecular complexity index is 520. The number of carbonyl (C=O) groups is 2. The van der Waals surface area contributed by atoms with Crippen molar-refractivity contribution < 1.29 is 14.7 Å². The van der Waals surface area contributed by atoms with E-state index in [0.717, 1.165) is 24.0 Å². The van der Waals surface area contributed by atoms with Gasteiger partial charge in [0.25, 0.3) is 0 Å². The van der Waals surface area contributed by atoms with Gasteiger partial charge in [0.05, 0.1) is 5.41 Å². The fourth-order valence-corrected chi connectivity index (χ4v) is 2.49. The highest BCUT2D eigenvalue weighted by Crippen LogP contribution is 2.48. The molecule has 0 saturated heterocycles. The predicted octanol–water partition coefficient (Wildman–Crippen LogP) is 2.40. The van der Waals surface area contributed by atoms with Crippen molar-refractivity contribution in [1.29, 1.82) is 0 Å². The van der Waals surface area contributed by atoms with Gasteiger partial charge in [0.1, 0.15) is 0 Å². The van der Waals surface area contributed by atoms with Gasteiger partial charge in [-0.25, -0.2) is 0 Å². The lowest BCUT2D eigenvalue weighted by atomic mass is 9.93. The molecule has 0 aromatic heterocycles. The second-order valence-corrected chi connectivity index (χ2v) is 5.76. The van der Waals surface area contributed by atoms with Crippen molar-refractivity contribution in [2.24, 2.45) is 0 Å². The third kappa shape index (κ3) is 3.18. The first-order valence-corrected chi connectivity index (χ1v) is 7.04. The van der Waals surface area contributed by atoms with E-state index in [1.807, 2.05) is 32.0 Å². The fourth-order valence-electron chi connectivity index (χ4n) is 2.49. The van der Waals surface area contributed by atoms with E-state index in [9.17, 15) is 9.59 Å². The van der Waals surface area contributed by atoms with E-state index >= 15 is 0 Å². The van der Waals surface area contributed by atoms with Crippen molar-refractivity contribution in [3.05, 3.63) is 35.4 Å². The summed E-state index contributed by atoms with van der Waals surface area (Å²) in [6.45, 7) is 3.88. The summed E-state index contributed by atoms with van der Waals surface area (Å²) in [5, 5.41) is 11.6. The number of aryl methyl sites for hydroxylation is 1. The molecule has 4 heteroatoms. The van der Waals surface area contributed by atoms with Crippen LogP contribution in [0.15, 0.2) is 24.3 Å². The Kier molecular flexibility index (Phi) is 4.12. The van der Waals surface area contributed by atoms with Crippen molar-refractivity contribution in [3.8, 4) is 0 Å². The molecule has 0 spiro atoms. The van der Waals surface area contributed by atoms with Crippen molar-refractivity contribution >= 4 is 11.9 Å². The van der Waals surface area contributed by atoms with Crippen LogP contribution in [-0.2, 0) is 15.0 Å². The number of rotatable bonds is 6. The van der Waals surface area contributed by atoms with Gasteiger partial charge < -0.3 is 10.4 Å². The lowest BCUT2D eigenvalue weighted by molar-refractivity contribution is -0.137. The first-order valence-electron chi connectivity index (χ1n) is 7.04. The molecule has 1 aromatic rings. The molecule has 2 N–H and O–H groups in total. The molecule has 1 aromatic carbocycles. The molecule has 4 nitrogen and oxygen atoms in total. The molecule has 1 fully saturated rings. The van der Waals surface area contributed by atoms with Gasteiger partial charge in [-0.1, -0.05) is 29.8 Å². The molecule has 1 atom stereocenters. The molecule has 1 unspecified atom stereocenters. The van der Waals surface area contributed by atoms with Crippen LogP contribution in [0.3, 0.4) is 0 Å². The number of amides is 1. The van der Waals surface area contributed by atoms with Crippen LogP contribution in [0.2, 0.25) is 0 Å². The smallest absolute Gasteiger partial charge is 0.303 e. The van der Waals surface area contributed by atoms with Gasteiger partial charge >= 0.3 is 5.97 Å². The minimum absolute atomic E-state index is 0.0287. The lowest BCUT2D eigenvalue weighted by Gasteiger charge is -2.20. The Hall–Kier alpha value is -1.84. The maximum Gasteiger partial charge on any atom is 0.303 e. The third-order valence-corrected chi connectivity index (χ3v) is 3.92. The van der Waals surface area contributed by atoms with E-state index in [4.69, 9.17) is 5.11 Å². The number of carboxylic acid groups (broad SMARTS) is 1. The normalized spacial score (nSPS) is 17.3. The Balaban J connectivity index is 2.00. The van der Waals surface area contributed by atoms with E-state index in [2.05, 4.69) is 11.4 Å². The zero-order valence-electron chi connectivity index (χ0n) is 12.0. The highest BCUT2D eigenvalue weighted by Gasteiger charge is 2.51. The highest BCUT2D eigenvalue weighted by atomic mass is 16.4. The van der Waals surface area contributed by atoms with E-state index in [0.29, 0.717) is 6.42 Å². The Morgan fingerprint density at radius 2 is 2.10 bits per heavy atom. The largest absolute Gasteiger partial charge is 0.481 e. The lowest BCUT2D eigenvalue weighted by Crippen LogP contribution is -2.40. The van der Waals surface area contributed by atoms with E-state index in [1.54, 1.807) is 0 Å². The van der Waals surface area contributed by atoms with Gasteiger partial charge in [-0.2, -0.15) is 0 Å². The molecule has 20 heavy (non-hydrogen) atoms. The van der Waals surface area contributed by atoms with E-state index in [1.165, 1.54) is 0 Å². The van der Waals surface area contributed by atoms with Crippen LogP contribution in [0.1, 0.15) is 43.7 Å². The van der Waals surface area contributed by atoms with Crippen LogP contribution in [0, 0.1) is 6.92 Å². The molecule has 2 rings (SSSR count). The Labute approximate surface area is 119 Å². The summed E-state index contributed by atoms with van der Waals surface area (Å²) < 4.78 is 0. The Morgan fingerprint density at radius 3 is 2.65 bits per heavy atom. The zero-order chi connectivity index (χ0) is 14.8. The standard InChI is InChI=1S/C16H21NO3/c1-11-4-3-5-13(10-11)16(8-9-16)15(20)17-12(2)6-7-14(18)19/h3-5,10,12H,6-9H2,1-2H3,(H,17,20)(H,18,19). The van der Waals surface area contributed by atoms with Crippen LogP contribution >= 0.6 is 0 Å². The third-order valence-electron chi connectivity index (χ3n) is 3.92. The Morgan fingerprint density at radius 1 is 1.40 bits per heavy atom.